The van der Waals surface area contributed by atoms with Crippen LogP contribution in [0.1, 0.15) is 49.3 Å². The first kappa shape index (κ1) is 16.4. The number of benzene rings is 2. The van der Waals surface area contributed by atoms with Gasteiger partial charge in [-0.15, -0.1) is 0 Å². The molecule has 1 unspecified atom stereocenters. The van der Waals surface area contributed by atoms with Gasteiger partial charge in [-0.2, -0.15) is 0 Å². The molecule has 0 radical (unpaired) electrons. The molecule has 0 saturated heterocycles. The Hall–Kier alpha value is -2.49. The number of ether oxygens (including phenoxy) is 1. The van der Waals surface area contributed by atoms with Gasteiger partial charge in [0, 0.05) is 12.2 Å². The third-order valence-corrected chi connectivity index (χ3v) is 4.03. The smallest absolute Gasteiger partial charge is 0.257 e. The molecule has 0 aliphatic carbocycles. The van der Waals surface area contributed by atoms with Gasteiger partial charge in [0.15, 0.2) is 0 Å². The summed E-state index contributed by atoms with van der Waals surface area (Å²) < 4.78 is 5.81. The highest BCUT2D eigenvalue weighted by Gasteiger charge is 2.32. The topological polar surface area (TPSA) is 41.6 Å². The average molecular weight is 324 g/mol. The Morgan fingerprint density at radius 1 is 1.17 bits per heavy atom. The van der Waals surface area contributed by atoms with E-state index in [1.54, 1.807) is 0 Å². The van der Waals surface area contributed by atoms with Crippen molar-refractivity contribution in [2.75, 3.05) is 11.9 Å². The van der Waals surface area contributed by atoms with Crippen LogP contribution in [-0.4, -0.2) is 23.5 Å². The van der Waals surface area contributed by atoms with E-state index in [4.69, 9.17) is 4.74 Å². The number of anilines is 1. The van der Waals surface area contributed by atoms with Crippen molar-refractivity contribution in [3.05, 3.63) is 59.7 Å². The van der Waals surface area contributed by atoms with Crippen LogP contribution in [0, 0.1) is 0 Å². The molecule has 3 rings (SSSR count). The molecule has 1 atom stereocenters. The minimum Gasteiger partial charge on any atom is -0.491 e. The van der Waals surface area contributed by atoms with E-state index in [0.29, 0.717) is 6.54 Å². The summed E-state index contributed by atoms with van der Waals surface area (Å²) in [5.41, 5.74) is 2.65. The summed E-state index contributed by atoms with van der Waals surface area (Å²) in [7, 11) is 0. The molecule has 2 aromatic rings. The number of rotatable bonds is 5. The van der Waals surface area contributed by atoms with Crippen LogP contribution in [-0.2, 0) is 0 Å². The molecule has 24 heavy (non-hydrogen) atoms. The quantitative estimate of drug-likeness (QED) is 0.883. The first-order valence-corrected chi connectivity index (χ1v) is 8.53. The van der Waals surface area contributed by atoms with E-state index < -0.39 is 0 Å². The molecule has 1 amide bonds. The van der Waals surface area contributed by atoms with Gasteiger partial charge in [-0.05, 0) is 50.1 Å². The highest BCUT2D eigenvalue weighted by Crippen LogP contribution is 2.34. The number of para-hydroxylation sites is 1. The first-order chi connectivity index (χ1) is 11.6. The van der Waals surface area contributed by atoms with E-state index in [2.05, 4.69) is 12.2 Å². The molecule has 1 aliphatic heterocycles. The van der Waals surface area contributed by atoms with Gasteiger partial charge >= 0.3 is 0 Å². The van der Waals surface area contributed by atoms with Crippen LogP contribution in [0.2, 0.25) is 0 Å². The van der Waals surface area contributed by atoms with E-state index in [0.717, 1.165) is 29.0 Å². The van der Waals surface area contributed by atoms with Crippen molar-refractivity contribution in [3.8, 4) is 5.75 Å². The molecule has 4 heteroatoms. The second-order valence-electron chi connectivity index (χ2n) is 6.33. The maximum absolute atomic E-state index is 12.9. The van der Waals surface area contributed by atoms with Crippen molar-refractivity contribution in [1.29, 1.82) is 0 Å². The number of fused-ring (bicyclic) bond motifs is 1. The summed E-state index contributed by atoms with van der Waals surface area (Å²) in [6, 6.07) is 15.7. The molecule has 1 aliphatic rings. The summed E-state index contributed by atoms with van der Waals surface area (Å²) in [5, 5.41) is 3.51. The Morgan fingerprint density at radius 2 is 1.96 bits per heavy atom. The Balaban J connectivity index is 1.98. The fraction of sp³-hybridized carbons (Fsp3) is 0.350. The Labute approximate surface area is 143 Å². The first-order valence-electron chi connectivity index (χ1n) is 8.53. The fourth-order valence-electron chi connectivity index (χ4n) is 3.06. The third-order valence-electron chi connectivity index (χ3n) is 4.03. The predicted molar refractivity (Wildman–Crippen MR) is 96.3 cm³/mol. The largest absolute Gasteiger partial charge is 0.491 e. The van der Waals surface area contributed by atoms with E-state index in [9.17, 15) is 4.79 Å². The fourth-order valence-corrected chi connectivity index (χ4v) is 3.06. The normalized spacial score (nSPS) is 16.8. The van der Waals surface area contributed by atoms with Crippen LogP contribution in [0.25, 0.3) is 0 Å². The van der Waals surface area contributed by atoms with Gasteiger partial charge in [0.05, 0.1) is 11.7 Å². The SMILES string of the molecule is CCCN1C(=O)c2ccccc2NC1c1cccc(OC(C)C)c1. The number of hydrogen-bond donors (Lipinski definition) is 1. The molecule has 0 bridgehead atoms. The van der Waals surface area contributed by atoms with Crippen molar-refractivity contribution in [3.63, 3.8) is 0 Å². The Kier molecular flexibility index (Phi) is 4.74. The molecule has 0 fully saturated rings. The summed E-state index contributed by atoms with van der Waals surface area (Å²) in [6.45, 7) is 6.81. The van der Waals surface area contributed by atoms with Crippen LogP contribution in [0.5, 0.6) is 5.75 Å². The van der Waals surface area contributed by atoms with E-state index >= 15 is 0 Å². The molecular weight excluding hydrogens is 300 g/mol. The maximum Gasteiger partial charge on any atom is 0.257 e. The van der Waals surface area contributed by atoms with Crippen LogP contribution in [0.3, 0.4) is 0 Å². The van der Waals surface area contributed by atoms with Gasteiger partial charge in [-0.1, -0.05) is 31.2 Å². The third kappa shape index (κ3) is 3.23. The van der Waals surface area contributed by atoms with E-state index in [-0.39, 0.29) is 18.2 Å². The van der Waals surface area contributed by atoms with Crippen molar-refractivity contribution in [1.82, 2.24) is 4.90 Å². The van der Waals surface area contributed by atoms with Crippen LogP contribution < -0.4 is 10.1 Å². The molecule has 4 nitrogen and oxygen atoms in total. The van der Waals surface area contributed by atoms with Crippen LogP contribution in [0.4, 0.5) is 5.69 Å². The zero-order chi connectivity index (χ0) is 17.1. The monoisotopic (exact) mass is 324 g/mol. The summed E-state index contributed by atoms with van der Waals surface area (Å²) in [6.07, 6.45) is 0.852. The van der Waals surface area contributed by atoms with Gasteiger partial charge in [-0.3, -0.25) is 4.79 Å². The second-order valence-corrected chi connectivity index (χ2v) is 6.33. The zero-order valence-corrected chi connectivity index (χ0v) is 14.5. The van der Waals surface area contributed by atoms with Crippen molar-refractivity contribution >= 4 is 11.6 Å². The average Bonchev–Trinajstić information content (AvgIpc) is 2.57. The highest BCUT2D eigenvalue weighted by atomic mass is 16.5. The van der Waals surface area contributed by atoms with Gasteiger partial charge in [0.1, 0.15) is 11.9 Å². The Bertz CT molecular complexity index is 727. The van der Waals surface area contributed by atoms with Gasteiger partial charge < -0.3 is 15.0 Å². The van der Waals surface area contributed by atoms with Crippen LogP contribution in [0.15, 0.2) is 48.5 Å². The number of hydrogen-bond acceptors (Lipinski definition) is 3. The predicted octanol–water partition coefficient (Wildman–Crippen LogP) is 4.45. The molecule has 1 N–H and O–H groups in total. The van der Waals surface area contributed by atoms with E-state index in [1.165, 1.54) is 0 Å². The van der Waals surface area contributed by atoms with Crippen molar-refractivity contribution in [2.24, 2.45) is 0 Å². The summed E-state index contributed by atoms with van der Waals surface area (Å²) in [4.78, 5) is 14.8. The number of nitrogens with zero attached hydrogens (tertiary/aromatic N) is 1. The van der Waals surface area contributed by atoms with Crippen molar-refractivity contribution < 1.29 is 9.53 Å². The number of nitrogens with one attached hydrogen (secondary N) is 1. The standard InChI is InChI=1S/C20H24N2O2/c1-4-12-22-19(15-8-7-9-16(13-15)24-14(2)3)21-18-11-6-5-10-17(18)20(22)23/h5-11,13-14,19,21H,4,12H2,1-3H3. The highest BCUT2D eigenvalue weighted by molar-refractivity contribution is 6.01. The molecule has 126 valence electrons. The summed E-state index contributed by atoms with van der Waals surface area (Å²) in [5.74, 6) is 0.901. The minimum atomic E-state index is -0.178. The Morgan fingerprint density at radius 3 is 2.71 bits per heavy atom. The lowest BCUT2D eigenvalue weighted by atomic mass is 10.0. The maximum atomic E-state index is 12.9. The summed E-state index contributed by atoms with van der Waals surface area (Å²) >= 11 is 0. The van der Waals surface area contributed by atoms with Crippen molar-refractivity contribution in [2.45, 2.75) is 39.5 Å². The minimum absolute atomic E-state index is 0.0754. The number of amides is 1. The lowest BCUT2D eigenvalue weighted by Gasteiger charge is -2.38. The van der Waals surface area contributed by atoms with Gasteiger partial charge in [0.25, 0.3) is 5.91 Å². The second kappa shape index (κ2) is 6.95. The molecular formula is C20H24N2O2. The lowest BCUT2D eigenvalue weighted by molar-refractivity contribution is 0.0683. The van der Waals surface area contributed by atoms with Gasteiger partial charge in [-0.25, -0.2) is 0 Å². The number of carbonyl (C=O) groups is 1. The zero-order valence-electron chi connectivity index (χ0n) is 14.5. The number of carbonyl (C=O) groups excluding carboxylic acids is 1. The molecule has 0 aromatic heterocycles. The molecule has 0 saturated carbocycles. The van der Waals surface area contributed by atoms with Crippen LogP contribution >= 0.6 is 0 Å². The molecule has 0 spiro atoms. The van der Waals surface area contributed by atoms with E-state index in [1.807, 2.05) is 67.3 Å². The lowest BCUT2D eigenvalue weighted by Crippen LogP contribution is -2.43. The molecule has 2 aromatic carbocycles. The molecule has 1 heterocycles. The van der Waals surface area contributed by atoms with Gasteiger partial charge in [0.2, 0.25) is 0 Å².